The molecule has 0 radical (unpaired) electrons. The minimum absolute atomic E-state index is 0.509. The number of benzene rings is 1. The zero-order chi connectivity index (χ0) is 13.3. The normalized spacial score (nSPS) is 11.5. The molecule has 1 heterocycles. The Labute approximate surface area is 110 Å². The summed E-state index contributed by atoms with van der Waals surface area (Å²) < 4.78 is 1.62. The number of carbonyl (C=O) groups is 1. The predicted octanol–water partition coefficient (Wildman–Crippen LogP) is 2.89. The number of hydrogen-bond donors (Lipinski definition) is 1. The smallest absolute Gasteiger partial charge is 0.315 e. The highest BCUT2D eigenvalue weighted by atomic mass is 35.5. The zero-order valence-corrected chi connectivity index (χ0v) is 10.8. The summed E-state index contributed by atoms with van der Waals surface area (Å²) in [5, 5.41) is 14.1. The Morgan fingerprint density at radius 1 is 1.39 bits per heavy atom. The molecule has 2 rings (SSSR count). The van der Waals surface area contributed by atoms with Crippen LogP contribution < -0.4 is 0 Å². The standard InChI is InChI=1S/C13H13ClN2O2/c1-13(2,12(17)18)11-6-7-16(15-11)10-5-3-4-9(14)8-10/h3-8H,1-2H3,(H,17,18). The van der Waals surface area contributed by atoms with Crippen molar-refractivity contribution in [1.29, 1.82) is 0 Å². The number of carboxylic acids is 1. The number of rotatable bonds is 3. The summed E-state index contributed by atoms with van der Waals surface area (Å²) in [7, 11) is 0. The van der Waals surface area contributed by atoms with Crippen molar-refractivity contribution in [1.82, 2.24) is 9.78 Å². The number of halogens is 1. The maximum Gasteiger partial charge on any atom is 0.315 e. The molecule has 0 unspecified atom stereocenters. The van der Waals surface area contributed by atoms with Crippen molar-refractivity contribution in [2.75, 3.05) is 0 Å². The van der Waals surface area contributed by atoms with Crippen LogP contribution in [0, 0.1) is 0 Å². The first-order valence-corrected chi connectivity index (χ1v) is 5.84. The zero-order valence-electron chi connectivity index (χ0n) is 10.1. The predicted molar refractivity (Wildman–Crippen MR) is 69.2 cm³/mol. The number of aromatic nitrogens is 2. The number of aliphatic carboxylic acids is 1. The van der Waals surface area contributed by atoms with E-state index < -0.39 is 11.4 Å². The fourth-order valence-electron chi connectivity index (χ4n) is 1.53. The fraction of sp³-hybridized carbons (Fsp3) is 0.231. The van der Waals surface area contributed by atoms with E-state index in [9.17, 15) is 4.79 Å². The third-order valence-electron chi connectivity index (χ3n) is 2.84. The van der Waals surface area contributed by atoms with Crippen molar-refractivity contribution >= 4 is 17.6 Å². The molecule has 0 aliphatic carbocycles. The Hall–Kier alpha value is -1.81. The summed E-state index contributed by atoms with van der Waals surface area (Å²) in [4.78, 5) is 11.2. The number of carboxylic acid groups (broad SMARTS) is 1. The first kappa shape index (κ1) is 12.6. The van der Waals surface area contributed by atoms with E-state index in [0.717, 1.165) is 5.69 Å². The Morgan fingerprint density at radius 3 is 2.72 bits per heavy atom. The van der Waals surface area contributed by atoms with Crippen LogP contribution in [0.5, 0.6) is 0 Å². The largest absolute Gasteiger partial charge is 0.481 e. The molecule has 0 aliphatic heterocycles. The van der Waals surface area contributed by atoms with Gasteiger partial charge in [0.15, 0.2) is 0 Å². The second-order valence-corrected chi connectivity index (χ2v) is 4.99. The lowest BCUT2D eigenvalue weighted by molar-refractivity contribution is -0.142. The van der Waals surface area contributed by atoms with Gasteiger partial charge in [-0.05, 0) is 38.1 Å². The summed E-state index contributed by atoms with van der Waals surface area (Å²) in [5.74, 6) is -0.904. The van der Waals surface area contributed by atoms with E-state index in [1.807, 2.05) is 12.1 Å². The first-order chi connectivity index (χ1) is 8.41. The van der Waals surface area contributed by atoms with Crippen LogP contribution in [0.25, 0.3) is 5.69 Å². The molecular weight excluding hydrogens is 252 g/mol. The van der Waals surface area contributed by atoms with Crippen molar-refractivity contribution < 1.29 is 9.90 Å². The van der Waals surface area contributed by atoms with E-state index in [2.05, 4.69) is 5.10 Å². The van der Waals surface area contributed by atoms with Crippen LogP contribution in [0.3, 0.4) is 0 Å². The SMILES string of the molecule is CC(C)(C(=O)O)c1ccn(-c2cccc(Cl)c2)n1. The molecule has 5 heteroatoms. The van der Waals surface area contributed by atoms with E-state index >= 15 is 0 Å². The third-order valence-corrected chi connectivity index (χ3v) is 3.07. The van der Waals surface area contributed by atoms with Crippen LogP contribution in [-0.2, 0) is 10.2 Å². The van der Waals surface area contributed by atoms with Gasteiger partial charge in [-0.15, -0.1) is 0 Å². The molecule has 94 valence electrons. The van der Waals surface area contributed by atoms with Crippen molar-refractivity contribution in [3.05, 3.63) is 47.2 Å². The Kier molecular flexibility index (Phi) is 3.13. The van der Waals surface area contributed by atoms with E-state index in [1.165, 1.54) is 0 Å². The first-order valence-electron chi connectivity index (χ1n) is 5.47. The Balaban J connectivity index is 2.40. The van der Waals surface area contributed by atoms with Gasteiger partial charge in [-0.25, -0.2) is 4.68 Å². The molecule has 0 spiro atoms. The molecule has 0 fully saturated rings. The highest BCUT2D eigenvalue weighted by Crippen LogP contribution is 2.23. The summed E-state index contributed by atoms with van der Waals surface area (Å²) in [6.45, 7) is 3.25. The fourth-order valence-corrected chi connectivity index (χ4v) is 1.71. The van der Waals surface area contributed by atoms with E-state index in [1.54, 1.807) is 42.9 Å². The molecule has 2 aromatic rings. The average molecular weight is 265 g/mol. The summed E-state index contributed by atoms with van der Waals surface area (Å²) in [6, 6.07) is 8.93. The molecule has 18 heavy (non-hydrogen) atoms. The summed E-state index contributed by atoms with van der Waals surface area (Å²) >= 11 is 5.91. The maximum absolute atomic E-state index is 11.2. The number of hydrogen-bond acceptors (Lipinski definition) is 2. The van der Waals surface area contributed by atoms with Gasteiger partial charge < -0.3 is 5.11 Å². The second kappa shape index (κ2) is 4.46. The lowest BCUT2D eigenvalue weighted by Gasteiger charge is -2.15. The van der Waals surface area contributed by atoms with E-state index in [0.29, 0.717) is 10.7 Å². The van der Waals surface area contributed by atoms with Gasteiger partial charge in [0.05, 0.1) is 11.4 Å². The number of nitrogens with zero attached hydrogens (tertiary/aromatic N) is 2. The average Bonchev–Trinajstić information content (AvgIpc) is 2.78. The van der Waals surface area contributed by atoms with Crippen molar-refractivity contribution in [3.8, 4) is 5.69 Å². The third kappa shape index (κ3) is 2.24. The maximum atomic E-state index is 11.2. The molecule has 0 atom stereocenters. The molecule has 1 aromatic carbocycles. The monoisotopic (exact) mass is 264 g/mol. The van der Waals surface area contributed by atoms with Gasteiger partial charge in [0.2, 0.25) is 0 Å². The van der Waals surface area contributed by atoms with Crippen molar-refractivity contribution in [3.63, 3.8) is 0 Å². The van der Waals surface area contributed by atoms with Gasteiger partial charge in [-0.2, -0.15) is 5.10 Å². The van der Waals surface area contributed by atoms with Crippen molar-refractivity contribution in [2.24, 2.45) is 0 Å². The van der Waals surface area contributed by atoms with E-state index in [4.69, 9.17) is 16.7 Å². The lowest BCUT2D eigenvalue weighted by atomic mass is 9.90. The van der Waals surface area contributed by atoms with Gasteiger partial charge >= 0.3 is 5.97 Å². The second-order valence-electron chi connectivity index (χ2n) is 4.56. The summed E-state index contributed by atoms with van der Waals surface area (Å²) in [6.07, 6.45) is 1.73. The van der Waals surface area contributed by atoms with Gasteiger partial charge in [-0.1, -0.05) is 17.7 Å². The van der Waals surface area contributed by atoms with Crippen LogP contribution in [0.15, 0.2) is 36.5 Å². The molecule has 0 amide bonds. The van der Waals surface area contributed by atoms with Crippen LogP contribution in [0.1, 0.15) is 19.5 Å². The molecule has 0 aliphatic rings. The van der Waals surface area contributed by atoms with Gasteiger partial charge in [0.25, 0.3) is 0 Å². The molecule has 0 saturated heterocycles. The van der Waals surface area contributed by atoms with Gasteiger partial charge in [0.1, 0.15) is 5.41 Å². The van der Waals surface area contributed by atoms with Crippen LogP contribution in [0.2, 0.25) is 5.02 Å². The Bertz CT molecular complexity index is 590. The Morgan fingerprint density at radius 2 is 2.11 bits per heavy atom. The van der Waals surface area contributed by atoms with Gasteiger partial charge in [-0.3, -0.25) is 4.79 Å². The highest BCUT2D eigenvalue weighted by Gasteiger charge is 2.32. The van der Waals surface area contributed by atoms with Crippen molar-refractivity contribution in [2.45, 2.75) is 19.3 Å². The lowest BCUT2D eigenvalue weighted by Crippen LogP contribution is -2.29. The minimum Gasteiger partial charge on any atom is -0.481 e. The van der Waals surface area contributed by atoms with Crippen LogP contribution in [-0.4, -0.2) is 20.9 Å². The van der Waals surface area contributed by atoms with Crippen LogP contribution in [0.4, 0.5) is 0 Å². The minimum atomic E-state index is -1.01. The van der Waals surface area contributed by atoms with Crippen LogP contribution >= 0.6 is 11.6 Å². The molecule has 0 bridgehead atoms. The quantitative estimate of drug-likeness (QED) is 0.927. The summed E-state index contributed by atoms with van der Waals surface area (Å²) in [5.41, 5.74) is 0.300. The van der Waals surface area contributed by atoms with Gasteiger partial charge in [0, 0.05) is 11.2 Å². The van der Waals surface area contributed by atoms with E-state index in [-0.39, 0.29) is 0 Å². The molecule has 1 aromatic heterocycles. The molecule has 4 nitrogen and oxygen atoms in total. The molecule has 1 N–H and O–H groups in total. The topological polar surface area (TPSA) is 55.1 Å². The molecule has 0 saturated carbocycles. The molecular formula is C13H13ClN2O2. The highest BCUT2D eigenvalue weighted by molar-refractivity contribution is 6.30.